The third kappa shape index (κ3) is 4.44. The molecule has 0 unspecified atom stereocenters. The van der Waals surface area contributed by atoms with Crippen LogP contribution in [0.3, 0.4) is 0 Å². The van der Waals surface area contributed by atoms with Crippen molar-refractivity contribution in [2.24, 2.45) is 0 Å². The lowest BCUT2D eigenvalue weighted by Gasteiger charge is -2.07. The molecule has 0 radical (unpaired) electrons. The van der Waals surface area contributed by atoms with Gasteiger partial charge in [-0.25, -0.2) is 4.39 Å². The van der Waals surface area contributed by atoms with Crippen molar-refractivity contribution >= 4 is 15.9 Å². The zero-order valence-electron chi connectivity index (χ0n) is 8.30. The van der Waals surface area contributed by atoms with Crippen LogP contribution >= 0.6 is 15.9 Å². The van der Waals surface area contributed by atoms with Crippen LogP contribution in [0.4, 0.5) is 4.39 Å². The van der Waals surface area contributed by atoms with Gasteiger partial charge in [0.05, 0.1) is 0 Å². The molecule has 4 heteroatoms. The minimum absolute atomic E-state index is 0.276. The summed E-state index contributed by atoms with van der Waals surface area (Å²) in [6, 6.07) is 4.73. The summed E-state index contributed by atoms with van der Waals surface area (Å²) in [7, 11) is 0. The van der Waals surface area contributed by atoms with E-state index in [2.05, 4.69) is 27.8 Å². The van der Waals surface area contributed by atoms with E-state index < -0.39 is 0 Å². The van der Waals surface area contributed by atoms with Crippen LogP contribution in [-0.2, 0) is 0 Å². The highest BCUT2D eigenvalue weighted by Gasteiger charge is 2.02. The van der Waals surface area contributed by atoms with Crippen LogP contribution in [0.5, 0.6) is 5.75 Å². The van der Waals surface area contributed by atoms with Crippen molar-refractivity contribution in [3.8, 4) is 5.75 Å². The number of benzene rings is 1. The fraction of sp³-hybridized carbons (Fsp3) is 0.273. The maximum atomic E-state index is 13.2. The molecule has 0 aromatic heterocycles. The molecule has 0 aliphatic carbocycles. The molecule has 0 atom stereocenters. The molecule has 0 heterocycles. The number of nitrogens with one attached hydrogen (secondary N) is 1. The van der Waals surface area contributed by atoms with Crippen LogP contribution in [0.1, 0.15) is 0 Å². The zero-order valence-corrected chi connectivity index (χ0v) is 9.89. The molecule has 15 heavy (non-hydrogen) atoms. The average molecular weight is 274 g/mol. The summed E-state index contributed by atoms with van der Waals surface area (Å²) in [4.78, 5) is 0. The Hall–Kier alpha value is -0.870. The van der Waals surface area contributed by atoms with Crippen LogP contribution in [0, 0.1) is 5.82 Å². The van der Waals surface area contributed by atoms with E-state index in [4.69, 9.17) is 4.74 Å². The monoisotopic (exact) mass is 273 g/mol. The average Bonchev–Trinajstić information content (AvgIpc) is 2.20. The second kappa shape index (κ2) is 6.58. The first-order valence-corrected chi connectivity index (χ1v) is 5.43. The quantitative estimate of drug-likeness (QED) is 0.636. The van der Waals surface area contributed by atoms with Gasteiger partial charge in [0.15, 0.2) is 11.6 Å². The highest BCUT2D eigenvalue weighted by atomic mass is 79.9. The molecule has 1 rings (SSSR count). The molecule has 1 aromatic carbocycles. The Morgan fingerprint density at radius 2 is 2.33 bits per heavy atom. The first kappa shape index (κ1) is 12.2. The maximum Gasteiger partial charge on any atom is 0.166 e. The summed E-state index contributed by atoms with van der Waals surface area (Å²) < 4.78 is 19.2. The molecule has 1 N–H and O–H groups in total. The van der Waals surface area contributed by atoms with Crippen molar-refractivity contribution < 1.29 is 9.13 Å². The van der Waals surface area contributed by atoms with Gasteiger partial charge in [0.2, 0.25) is 0 Å². The van der Waals surface area contributed by atoms with Gasteiger partial charge in [-0.1, -0.05) is 22.0 Å². The second-order valence-electron chi connectivity index (χ2n) is 2.92. The van der Waals surface area contributed by atoms with Crippen molar-refractivity contribution in [2.45, 2.75) is 0 Å². The number of hydrogen-bond donors (Lipinski definition) is 1. The predicted octanol–water partition coefficient (Wildman–Crippen LogP) is 2.74. The van der Waals surface area contributed by atoms with E-state index in [0.29, 0.717) is 17.6 Å². The van der Waals surface area contributed by atoms with Gasteiger partial charge in [-0.2, -0.15) is 0 Å². The Kier molecular flexibility index (Phi) is 5.36. The SMILES string of the molecule is C=CCNCCOc1ccc(Br)cc1F. The van der Waals surface area contributed by atoms with E-state index in [1.165, 1.54) is 6.07 Å². The number of rotatable bonds is 6. The standard InChI is InChI=1S/C11H13BrFNO/c1-2-5-14-6-7-15-11-4-3-9(12)8-10(11)13/h2-4,8,14H,1,5-7H2. The molecule has 82 valence electrons. The van der Waals surface area contributed by atoms with Crippen molar-refractivity contribution in [1.29, 1.82) is 0 Å². The van der Waals surface area contributed by atoms with Gasteiger partial charge < -0.3 is 10.1 Å². The van der Waals surface area contributed by atoms with Gasteiger partial charge in [-0.05, 0) is 18.2 Å². The summed E-state index contributed by atoms with van der Waals surface area (Å²) in [5.41, 5.74) is 0. The van der Waals surface area contributed by atoms with E-state index >= 15 is 0 Å². The summed E-state index contributed by atoms with van der Waals surface area (Å²) in [6.07, 6.45) is 1.76. The lowest BCUT2D eigenvalue weighted by atomic mass is 10.3. The smallest absolute Gasteiger partial charge is 0.166 e. The van der Waals surface area contributed by atoms with Gasteiger partial charge >= 0.3 is 0 Å². The fourth-order valence-corrected chi connectivity index (χ4v) is 1.36. The summed E-state index contributed by atoms with van der Waals surface area (Å²) in [5, 5.41) is 3.06. The summed E-state index contributed by atoms with van der Waals surface area (Å²) in [6.45, 7) is 5.41. The molecule has 2 nitrogen and oxygen atoms in total. The molecule has 0 spiro atoms. The fourth-order valence-electron chi connectivity index (χ4n) is 1.03. The van der Waals surface area contributed by atoms with Gasteiger partial charge in [0.25, 0.3) is 0 Å². The Labute approximate surface area is 97.3 Å². The molecule has 0 aliphatic rings. The summed E-state index contributed by atoms with van der Waals surface area (Å²) in [5.74, 6) is -0.0771. The molecule has 1 aromatic rings. The molecular weight excluding hydrogens is 261 g/mol. The van der Waals surface area contributed by atoms with Crippen molar-refractivity contribution in [1.82, 2.24) is 5.32 Å². The van der Waals surface area contributed by atoms with Gasteiger partial charge in [0.1, 0.15) is 6.61 Å². The Morgan fingerprint density at radius 3 is 3.00 bits per heavy atom. The van der Waals surface area contributed by atoms with Crippen LogP contribution in [-0.4, -0.2) is 19.7 Å². The third-order valence-electron chi connectivity index (χ3n) is 1.72. The largest absolute Gasteiger partial charge is 0.489 e. The van der Waals surface area contributed by atoms with Crippen LogP contribution < -0.4 is 10.1 Å². The molecule has 0 amide bonds. The summed E-state index contributed by atoms with van der Waals surface area (Å²) >= 11 is 3.18. The number of ether oxygens (including phenoxy) is 1. The predicted molar refractivity (Wildman–Crippen MR) is 62.7 cm³/mol. The molecule has 0 bridgehead atoms. The Balaban J connectivity index is 2.34. The van der Waals surface area contributed by atoms with Crippen molar-refractivity contribution in [3.63, 3.8) is 0 Å². The van der Waals surface area contributed by atoms with E-state index in [1.807, 2.05) is 0 Å². The topological polar surface area (TPSA) is 21.3 Å². The van der Waals surface area contributed by atoms with Gasteiger partial charge in [-0.15, -0.1) is 6.58 Å². The van der Waals surface area contributed by atoms with Gasteiger partial charge in [-0.3, -0.25) is 0 Å². The van der Waals surface area contributed by atoms with Gasteiger partial charge in [0, 0.05) is 17.6 Å². The lowest BCUT2D eigenvalue weighted by Crippen LogP contribution is -2.21. The molecule has 0 saturated carbocycles. The van der Waals surface area contributed by atoms with E-state index in [9.17, 15) is 4.39 Å². The minimum Gasteiger partial charge on any atom is -0.489 e. The number of halogens is 2. The Morgan fingerprint density at radius 1 is 1.53 bits per heavy atom. The van der Waals surface area contributed by atoms with Crippen molar-refractivity contribution in [2.75, 3.05) is 19.7 Å². The van der Waals surface area contributed by atoms with Crippen LogP contribution in [0.25, 0.3) is 0 Å². The lowest BCUT2D eigenvalue weighted by molar-refractivity contribution is 0.300. The highest BCUT2D eigenvalue weighted by molar-refractivity contribution is 9.10. The first-order valence-electron chi connectivity index (χ1n) is 4.63. The minimum atomic E-state index is -0.354. The maximum absolute atomic E-state index is 13.2. The Bertz CT molecular complexity index is 330. The molecular formula is C11H13BrFNO. The van der Waals surface area contributed by atoms with Crippen LogP contribution in [0.15, 0.2) is 35.3 Å². The van der Waals surface area contributed by atoms with E-state index in [-0.39, 0.29) is 11.6 Å². The zero-order chi connectivity index (χ0) is 11.1. The molecule has 0 saturated heterocycles. The van der Waals surface area contributed by atoms with E-state index in [0.717, 1.165) is 6.54 Å². The highest BCUT2D eigenvalue weighted by Crippen LogP contribution is 2.21. The molecule has 0 fully saturated rings. The third-order valence-corrected chi connectivity index (χ3v) is 2.21. The normalized spacial score (nSPS) is 10.0. The van der Waals surface area contributed by atoms with E-state index in [1.54, 1.807) is 18.2 Å². The number of hydrogen-bond acceptors (Lipinski definition) is 2. The van der Waals surface area contributed by atoms with Crippen LogP contribution in [0.2, 0.25) is 0 Å². The van der Waals surface area contributed by atoms with Crippen molar-refractivity contribution in [3.05, 3.63) is 41.1 Å². The molecule has 0 aliphatic heterocycles. The first-order chi connectivity index (χ1) is 7.24. The second-order valence-corrected chi connectivity index (χ2v) is 3.83.